The molecule has 0 spiro atoms. The average molecular weight is 316 g/mol. The Balaban J connectivity index is 5.13. The molecule has 17 heavy (non-hydrogen) atoms. The molecule has 0 saturated heterocycles. The van der Waals surface area contributed by atoms with Gasteiger partial charge in [0.2, 0.25) is 6.42 Å². The summed E-state index contributed by atoms with van der Waals surface area (Å²) >= 11 is 2.78. The minimum atomic E-state index is -3.50. The minimum absolute atomic E-state index is 0.387. The number of alkyl halides is 1. The molecule has 0 fully saturated rings. The molecule has 0 saturated carbocycles. The van der Waals surface area contributed by atoms with Crippen LogP contribution in [0, 0.1) is 30.3 Å². The van der Waals surface area contributed by atoms with Gasteiger partial charge in [-0.2, -0.15) is 0 Å². The molecule has 1 atom stereocenters. The summed E-state index contributed by atoms with van der Waals surface area (Å²) in [7, 11) is 0. The Morgan fingerprint density at radius 1 is 1.12 bits per heavy atom. The first-order chi connectivity index (χ1) is 7.64. The zero-order chi connectivity index (χ0) is 13.8. The van der Waals surface area contributed by atoms with Crippen molar-refractivity contribution < 1.29 is 19.5 Å². The lowest BCUT2D eigenvalue weighted by Crippen LogP contribution is -2.54. The van der Waals surface area contributed by atoms with Crippen LogP contribution in [0.4, 0.5) is 0 Å². The maximum atomic E-state index is 10.6. The zero-order valence-corrected chi connectivity index (χ0v) is 10.5. The van der Waals surface area contributed by atoms with E-state index in [-0.39, 0.29) is 6.10 Å². The van der Waals surface area contributed by atoms with Gasteiger partial charge in [-0.05, 0) is 13.8 Å². The molecule has 0 aliphatic carbocycles. The fourth-order valence-corrected chi connectivity index (χ4v) is 1.85. The molecule has 10 nitrogen and oxygen atoms in total. The van der Waals surface area contributed by atoms with Crippen molar-refractivity contribution in [1.82, 2.24) is 0 Å². The molecule has 1 unspecified atom stereocenters. The Morgan fingerprint density at radius 3 is 1.71 bits per heavy atom. The van der Waals surface area contributed by atoms with E-state index in [1.807, 2.05) is 0 Å². The lowest BCUT2D eigenvalue weighted by atomic mass is 10.2. The highest BCUT2D eigenvalue weighted by Crippen LogP contribution is 2.24. The number of nitro groups is 3. The Kier molecular flexibility index (Phi) is 5.35. The van der Waals surface area contributed by atoms with Crippen molar-refractivity contribution in [3.8, 4) is 0 Å². The van der Waals surface area contributed by atoms with Crippen molar-refractivity contribution in [2.24, 2.45) is 0 Å². The van der Waals surface area contributed by atoms with E-state index in [2.05, 4.69) is 15.9 Å². The van der Waals surface area contributed by atoms with E-state index in [1.165, 1.54) is 0 Å². The Labute approximate surface area is 104 Å². The Hall–Kier alpha value is -1.36. The van der Waals surface area contributed by atoms with Gasteiger partial charge in [0.05, 0.1) is 6.10 Å². The molecule has 0 aromatic heterocycles. The SMILES string of the molecule is CC(C)OC(Br)CC([N+](=O)[O-])([N+](=O)[O-])[N+](=O)[O-]. The molecule has 11 heteroatoms. The van der Waals surface area contributed by atoms with Gasteiger partial charge >= 0.3 is 5.79 Å². The van der Waals surface area contributed by atoms with Gasteiger partial charge in [0.25, 0.3) is 0 Å². The first-order valence-corrected chi connectivity index (χ1v) is 5.29. The van der Waals surface area contributed by atoms with E-state index in [1.54, 1.807) is 13.8 Å². The highest BCUT2D eigenvalue weighted by atomic mass is 79.9. The van der Waals surface area contributed by atoms with Crippen LogP contribution >= 0.6 is 15.9 Å². The van der Waals surface area contributed by atoms with Crippen LogP contribution in [-0.4, -0.2) is 31.7 Å². The van der Waals surface area contributed by atoms with Gasteiger partial charge in [0.15, 0.2) is 14.8 Å². The summed E-state index contributed by atoms with van der Waals surface area (Å²) in [5, 5.41) is 30.6. The second-order valence-corrected chi connectivity index (χ2v) is 4.37. The number of halogens is 1. The molecule has 0 radical (unpaired) electrons. The smallest absolute Gasteiger partial charge is 0.363 e. The van der Waals surface area contributed by atoms with Gasteiger partial charge in [-0.3, -0.25) is 30.3 Å². The molecule has 0 N–H and O–H groups in total. The summed E-state index contributed by atoms with van der Waals surface area (Å²) in [6.45, 7) is 3.17. The number of rotatable bonds is 7. The molecule has 98 valence electrons. The maximum absolute atomic E-state index is 10.6. The standard InChI is InChI=1S/C6H10BrN3O7/c1-4(2)17-5(7)3-6(8(11)12,9(13)14)10(15)16/h4-5H,3H2,1-2H3. The topological polar surface area (TPSA) is 139 Å². The number of nitrogens with zero attached hydrogens (tertiary/aromatic N) is 3. The third kappa shape index (κ3) is 3.56. The predicted molar refractivity (Wildman–Crippen MR) is 57.3 cm³/mol. The van der Waals surface area contributed by atoms with Gasteiger partial charge in [-0.25, -0.2) is 0 Å². The van der Waals surface area contributed by atoms with Crippen LogP contribution in [0.25, 0.3) is 0 Å². The third-order valence-electron chi connectivity index (χ3n) is 1.73. The van der Waals surface area contributed by atoms with Crippen LogP contribution in [0.1, 0.15) is 20.3 Å². The average Bonchev–Trinajstić information content (AvgIpc) is 2.10. The van der Waals surface area contributed by atoms with E-state index in [0.29, 0.717) is 0 Å². The van der Waals surface area contributed by atoms with Gasteiger partial charge in [-0.15, -0.1) is 0 Å². The normalized spacial score (nSPS) is 13.4. The molecule has 0 bridgehead atoms. The van der Waals surface area contributed by atoms with Crippen molar-refractivity contribution >= 4 is 15.9 Å². The molecule has 0 rings (SSSR count). The maximum Gasteiger partial charge on any atom is 0.703 e. The third-order valence-corrected chi connectivity index (χ3v) is 2.27. The van der Waals surface area contributed by atoms with Crippen molar-refractivity contribution in [1.29, 1.82) is 0 Å². The number of hydrogen-bond donors (Lipinski definition) is 0. The highest BCUT2D eigenvalue weighted by Gasteiger charge is 2.71. The van der Waals surface area contributed by atoms with Crippen LogP contribution in [0.5, 0.6) is 0 Å². The summed E-state index contributed by atoms with van der Waals surface area (Å²) in [5.41, 5.74) is 0. The summed E-state index contributed by atoms with van der Waals surface area (Å²) in [6.07, 6.45) is -1.40. The summed E-state index contributed by atoms with van der Waals surface area (Å²) < 4.78 is 4.96. The predicted octanol–water partition coefficient (Wildman–Crippen LogP) is 1.01. The number of ether oxygens (including phenoxy) is 1. The number of hydrogen-bond acceptors (Lipinski definition) is 7. The second kappa shape index (κ2) is 5.82. The second-order valence-electron chi connectivity index (χ2n) is 3.34. The highest BCUT2D eigenvalue weighted by molar-refractivity contribution is 9.09. The van der Waals surface area contributed by atoms with Gasteiger partial charge in [0.1, 0.15) is 5.01 Å². The fraction of sp³-hybridized carbons (Fsp3) is 1.00. The van der Waals surface area contributed by atoms with Gasteiger partial charge < -0.3 is 4.74 Å². The lowest BCUT2D eigenvalue weighted by molar-refractivity contribution is -0.970. The van der Waals surface area contributed by atoms with E-state index < -0.39 is 32.0 Å². The molecule has 0 amide bonds. The van der Waals surface area contributed by atoms with E-state index >= 15 is 0 Å². The van der Waals surface area contributed by atoms with Crippen molar-refractivity contribution in [2.75, 3.05) is 0 Å². The first-order valence-electron chi connectivity index (χ1n) is 4.37. The molecule has 0 aromatic carbocycles. The monoisotopic (exact) mass is 315 g/mol. The van der Waals surface area contributed by atoms with Crippen molar-refractivity contribution in [3.05, 3.63) is 30.3 Å². The Morgan fingerprint density at radius 2 is 1.47 bits per heavy atom. The quantitative estimate of drug-likeness (QED) is 0.295. The lowest BCUT2D eigenvalue weighted by Gasteiger charge is -2.15. The minimum Gasteiger partial charge on any atom is -0.363 e. The summed E-state index contributed by atoms with van der Waals surface area (Å²) in [5.74, 6) is -3.50. The molecule has 0 aliphatic rings. The van der Waals surface area contributed by atoms with E-state index in [0.717, 1.165) is 0 Å². The summed E-state index contributed by atoms with van der Waals surface area (Å²) in [6, 6.07) is 0. The van der Waals surface area contributed by atoms with Crippen LogP contribution in [-0.2, 0) is 4.74 Å². The zero-order valence-electron chi connectivity index (χ0n) is 8.94. The van der Waals surface area contributed by atoms with Gasteiger partial charge in [-0.1, -0.05) is 15.9 Å². The first kappa shape index (κ1) is 15.6. The van der Waals surface area contributed by atoms with Crippen LogP contribution in [0.3, 0.4) is 0 Å². The summed E-state index contributed by atoms with van der Waals surface area (Å²) in [4.78, 5) is 27.1. The molecule has 0 heterocycles. The van der Waals surface area contributed by atoms with E-state index in [9.17, 15) is 30.3 Å². The molecular formula is C6H10BrN3O7. The van der Waals surface area contributed by atoms with Crippen LogP contribution < -0.4 is 0 Å². The van der Waals surface area contributed by atoms with E-state index in [4.69, 9.17) is 4.74 Å². The largest absolute Gasteiger partial charge is 0.703 e. The van der Waals surface area contributed by atoms with Gasteiger partial charge in [0, 0.05) is 0 Å². The van der Waals surface area contributed by atoms with Crippen molar-refractivity contribution in [2.45, 2.75) is 37.2 Å². The molecule has 0 aliphatic heterocycles. The van der Waals surface area contributed by atoms with Crippen molar-refractivity contribution in [3.63, 3.8) is 0 Å². The van der Waals surface area contributed by atoms with Crippen LogP contribution in [0.15, 0.2) is 0 Å². The fourth-order valence-electron chi connectivity index (χ4n) is 0.982. The molecule has 0 aromatic rings. The Bertz CT molecular complexity index is 298. The van der Waals surface area contributed by atoms with Crippen LogP contribution in [0.2, 0.25) is 0 Å². The molecular weight excluding hydrogens is 306 g/mol.